The summed E-state index contributed by atoms with van der Waals surface area (Å²) in [6, 6.07) is 19.9. The third kappa shape index (κ3) is 5.78. The van der Waals surface area contributed by atoms with Crippen LogP contribution in [0.4, 0.5) is 17.6 Å². The predicted molar refractivity (Wildman–Crippen MR) is 163 cm³/mol. The van der Waals surface area contributed by atoms with E-state index in [2.05, 4.69) is 16.0 Å². The van der Waals surface area contributed by atoms with Crippen LogP contribution in [0.2, 0.25) is 0 Å². The maximum Gasteiger partial charge on any atom is 0.199 e. The van der Waals surface area contributed by atoms with Gasteiger partial charge in [0.05, 0.1) is 5.52 Å². The molecule has 6 rings (SSSR count). The van der Waals surface area contributed by atoms with Gasteiger partial charge in [-0.25, -0.2) is 17.6 Å². The zero-order valence-corrected chi connectivity index (χ0v) is 27.3. The molecule has 1 radical (unpaired) electrons. The number of halogens is 4. The number of aromatic nitrogens is 2. The Morgan fingerprint density at radius 3 is 1.86 bits per heavy atom. The van der Waals surface area contributed by atoms with E-state index in [1.807, 2.05) is 90.1 Å². The molecule has 0 spiro atoms. The second kappa shape index (κ2) is 11.9. The molecule has 6 aromatic rings. The van der Waals surface area contributed by atoms with Crippen molar-refractivity contribution >= 4 is 60.2 Å². The summed E-state index contributed by atoms with van der Waals surface area (Å²) in [6.07, 6.45) is 1.33. The van der Waals surface area contributed by atoms with Crippen molar-refractivity contribution in [2.75, 3.05) is 0 Å². The summed E-state index contributed by atoms with van der Waals surface area (Å²) in [4.78, 5) is 20.0. The van der Waals surface area contributed by atoms with Gasteiger partial charge in [0.15, 0.2) is 29.1 Å². The fraction of sp³-hybridized carbons (Fsp3) is 0.229. The van der Waals surface area contributed by atoms with Crippen molar-refractivity contribution in [1.82, 2.24) is 9.97 Å². The molecule has 0 aliphatic heterocycles. The number of nitrogens with zero attached hydrogens (tertiary/aromatic N) is 2. The zero-order valence-electron chi connectivity index (χ0n) is 24.9. The summed E-state index contributed by atoms with van der Waals surface area (Å²) in [5.41, 5.74) is -1.56. The van der Waals surface area contributed by atoms with Gasteiger partial charge in [-0.3, -0.25) is 14.8 Å². The molecular formula is C35H29F4IrN2O2-. The molecule has 5 aromatic carbocycles. The molecule has 1 N–H and O–H groups in total. The van der Waals surface area contributed by atoms with Crippen LogP contribution in [0.15, 0.2) is 66.4 Å². The molecule has 0 aliphatic carbocycles. The van der Waals surface area contributed by atoms with Gasteiger partial charge >= 0.3 is 0 Å². The SMILES string of the molecule is CC(C)(C)C(=O)/C=C(\O)C(C)(C)C.Fc1c(F)c(F)c2nc3c(nc2c1F)c1[c-]cccc1c1ccc2ccccc2c13.[Ir]. The van der Waals surface area contributed by atoms with Gasteiger partial charge in [-0.05, 0) is 16.2 Å². The van der Waals surface area contributed by atoms with E-state index in [4.69, 9.17) is 0 Å². The molecule has 0 unspecified atom stereocenters. The molecule has 0 saturated carbocycles. The Labute approximate surface area is 265 Å². The Bertz CT molecular complexity index is 2120. The maximum absolute atomic E-state index is 14.5. The van der Waals surface area contributed by atoms with E-state index >= 15 is 0 Å². The number of aliphatic hydroxyl groups excluding tert-OH is 1. The van der Waals surface area contributed by atoms with Crippen molar-refractivity contribution in [2.45, 2.75) is 41.5 Å². The minimum absolute atomic E-state index is 0. The van der Waals surface area contributed by atoms with E-state index in [1.54, 1.807) is 6.07 Å². The Kier molecular flexibility index (Phi) is 8.89. The number of allylic oxidation sites excluding steroid dienone is 2. The number of benzene rings is 5. The number of carbonyl (C=O) groups is 1. The van der Waals surface area contributed by atoms with Crippen molar-refractivity contribution in [3.05, 3.63) is 95.8 Å². The van der Waals surface area contributed by atoms with Crippen molar-refractivity contribution in [3.8, 4) is 0 Å². The van der Waals surface area contributed by atoms with Gasteiger partial charge in [-0.1, -0.05) is 88.7 Å². The summed E-state index contributed by atoms with van der Waals surface area (Å²) >= 11 is 0. The van der Waals surface area contributed by atoms with Gasteiger partial charge in [0, 0.05) is 42.5 Å². The van der Waals surface area contributed by atoms with Crippen LogP contribution in [0.5, 0.6) is 0 Å². The van der Waals surface area contributed by atoms with Crippen LogP contribution in [-0.2, 0) is 24.9 Å². The third-order valence-corrected chi connectivity index (χ3v) is 7.21. The summed E-state index contributed by atoms with van der Waals surface area (Å²) in [7, 11) is 0. The monoisotopic (exact) mass is 778 g/mol. The predicted octanol–water partition coefficient (Wildman–Crippen LogP) is 9.69. The van der Waals surface area contributed by atoms with Gasteiger partial charge in [0.1, 0.15) is 16.8 Å². The van der Waals surface area contributed by atoms with E-state index in [-0.39, 0.29) is 48.1 Å². The second-order valence-electron chi connectivity index (χ2n) is 12.4. The first kappa shape index (κ1) is 33.0. The summed E-state index contributed by atoms with van der Waals surface area (Å²) in [5.74, 6) is -6.85. The van der Waals surface area contributed by atoms with Crippen LogP contribution in [0.1, 0.15) is 41.5 Å². The van der Waals surface area contributed by atoms with Gasteiger partial charge in [0.2, 0.25) is 0 Å². The van der Waals surface area contributed by atoms with Crippen LogP contribution in [-0.4, -0.2) is 20.9 Å². The van der Waals surface area contributed by atoms with Crippen LogP contribution in [0.25, 0.3) is 54.4 Å². The molecule has 9 heteroatoms. The number of hydrogen-bond donors (Lipinski definition) is 1. The third-order valence-electron chi connectivity index (χ3n) is 7.21. The molecule has 4 nitrogen and oxygen atoms in total. The van der Waals surface area contributed by atoms with Gasteiger partial charge in [-0.15, -0.1) is 29.7 Å². The van der Waals surface area contributed by atoms with E-state index < -0.39 is 39.7 Å². The Morgan fingerprint density at radius 2 is 1.27 bits per heavy atom. The Hall–Kier alpha value is -3.94. The average molecular weight is 778 g/mol. The molecule has 0 fully saturated rings. The van der Waals surface area contributed by atoms with E-state index in [0.29, 0.717) is 10.8 Å². The minimum atomic E-state index is -1.91. The molecule has 0 bridgehead atoms. The first-order chi connectivity index (χ1) is 20.1. The summed E-state index contributed by atoms with van der Waals surface area (Å²) in [6.45, 7) is 11.1. The minimum Gasteiger partial charge on any atom is -0.512 e. The number of ketones is 1. The van der Waals surface area contributed by atoms with Gasteiger partial charge < -0.3 is 5.11 Å². The Morgan fingerprint density at radius 1 is 0.705 bits per heavy atom. The fourth-order valence-electron chi connectivity index (χ4n) is 4.66. The van der Waals surface area contributed by atoms with E-state index in [1.165, 1.54) is 6.08 Å². The molecule has 0 aliphatic rings. The molecule has 1 aromatic heterocycles. The van der Waals surface area contributed by atoms with E-state index in [9.17, 15) is 27.5 Å². The molecule has 0 amide bonds. The van der Waals surface area contributed by atoms with Crippen LogP contribution >= 0.6 is 0 Å². The molecule has 0 saturated heterocycles. The number of rotatable bonds is 1. The number of aliphatic hydroxyl groups is 1. The topological polar surface area (TPSA) is 63.1 Å². The Balaban J connectivity index is 0.000000271. The van der Waals surface area contributed by atoms with Gasteiger partial charge in [0.25, 0.3) is 0 Å². The molecule has 0 atom stereocenters. The van der Waals surface area contributed by atoms with Crippen LogP contribution < -0.4 is 0 Å². The molecule has 44 heavy (non-hydrogen) atoms. The van der Waals surface area contributed by atoms with Crippen molar-refractivity contribution in [3.63, 3.8) is 0 Å². The van der Waals surface area contributed by atoms with Crippen LogP contribution in [0.3, 0.4) is 0 Å². The number of carbonyl (C=O) groups excluding carboxylic acids is 1. The molecule has 1 heterocycles. The van der Waals surface area contributed by atoms with Crippen molar-refractivity contribution < 1.29 is 47.6 Å². The molecule has 229 valence electrons. The van der Waals surface area contributed by atoms with E-state index in [0.717, 1.165) is 21.5 Å². The number of hydrogen-bond acceptors (Lipinski definition) is 4. The van der Waals surface area contributed by atoms with Crippen LogP contribution in [0, 0.1) is 40.2 Å². The largest absolute Gasteiger partial charge is 0.512 e. The smallest absolute Gasteiger partial charge is 0.199 e. The van der Waals surface area contributed by atoms with Crippen molar-refractivity contribution in [2.24, 2.45) is 10.8 Å². The average Bonchev–Trinajstić information content (AvgIpc) is 2.97. The zero-order chi connectivity index (χ0) is 31.4. The first-order valence-corrected chi connectivity index (χ1v) is 13.6. The normalized spacial score (nSPS) is 12.5. The van der Waals surface area contributed by atoms with Gasteiger partial charge in [-0.2, -0.15) is 0 Å². The summed E-state index contributed by atoms with van der Waals surface area (Å²) in [5, 5.41) is 14.1. The van der Waals surface area contributed by atoms with Crippen molar-refractivity contribution in [1.29, 1.82) is 0 Å². The molecular weight excluding hydrogens is 749 g/mol. The number of fused-ring (bicyclic) bond motifs is 9. The fourth-order valence-corrected chi connectivity index (χ4v) is 4.66. The standard InChI is InChI=1S/C24H9F4N2.C11H20O2.Ir/c25-17-18(26)20(28)24-23(19(17)27)29-21-15-8-4-3-7-13(15)14-10-9-11-5-1-2-6-12(11)16(14)22(21)30-24;1-10(2,3)8(12)7-9(13)11(4,5)6;/h1-7,9-10H;7,12H,1-6H3;/q-1;;/b;8-7-;. The summed E-state index contributed by atoms with van der Waals surface area (Å²) < 4.78 is 56.7. The maximum atomic E-state index is 14.5. The first-order valence-electron chi connectivity index (χ1n) is 13.6. The second-order valence-corrected chi connectivity index (χ2v) is 12.4. The quantitative estimate of drug-likeness (QED) is 0.0264.